The van der Waals surface area contributed by atoms with E-state index in [4.69, 9.17) is 4.74 Å². The van der Waals surface area contributed by atoms with Crippen molar-refractivity contribution < 1.29 is 18.3 Å². The van der Waals surface area contributed by atoms with Crippen LogP contribution in [0.15, 0.2) is 30.9 Å². The van der Waals surface area contributed by atoms with Crippen molar-refractivity contribution in [3.05, 3.63) is 42.0 Å². The van der Waals surface area contributed by atoms with E-state index in [0.717, 1.165) is 23.3 Å². The Hall–Kier alpha value is -2.17. The molecule has 0 aromatic heterocycles. The lowest BCUT2D eigenvalue weighted by Gasteiger charge is -2.26. The number of hydrogen-bond donors (Lipinski definition) is 1. The SMILES string of the molecule is C=CC(=O)Nc1cc(/C=C/C2CCC(F)(F)CC2)c2c(c1)C[C@H](C)O2.CC. The first-order valence-electron chi connectivity index (χ1n) is 9.69. The van der Waals surface area contributed by atoms with E-state index in [0.29, 0.717) is 18.5 Å². The third-order valence-corrected chi connectivity index (χ3v) is 4.78. The second-order valence-corrected chi connectivity index (χ2v) is 6.93. The summed E-state index contributed by atoms with van der Waals surface area (Å²) < 4.78 is 32.5. The fraction of sp³-hybridized carbons (Fsp3) is 0.500. The molecule has 1 amide bonds. The highest BCUT2D eigenvalue weighted by molar-refractivity contribution is 5.99. The monoisotopic (exact) mass is 377 g/mol. The van der Waals surface area contributed by atoms with Crippen LogP contribution in [-0.2, 0) is 11.2 Å². The first kappa shape index (κ1) is 21.1. The number of halogens is 2. The van der Waals surface area contributed by atoms with Crippen LogP contribution < -0.4 is 10.1 Å². The minimum atomic E-state index is -2.51. The number of hydrogen-bond acceptors (Lipinski definition) is 2. The van der Waals surface area contributed by atoms with E-state index in [2.05, 4.69) is 11.9 Å². The number of carbonyl (C=O) groups excluding carboxylic acids is 1. The fourth-order valence-corrected chi connectivity index (χ4v) is 3.45. The molecule has 0 radical (unpaired) electrons. The number of rotatable bonds is 4. The van der Waals surface area contributed by atoms with Crippen molar-refractivity contribution in [1.82, 2.24) is 0 Å². The van der Waals surface area contributed by atoms with Gasteiger partial charge in [-0.05, 0) is 43.9 Å². The molecule has 1 N–H and O–H groups in total. The van der Waals surface area contributed by atoms with Gasteiger partial charge in [-0.1, -0.05) is 32.6 Å². The average Bonchev–Trinajstić information content (AvgIpc) is 3.02. The molecular formula is C22H29F2NO2. The summed E-state index contributed by atoms with van der Waals surface area (Å²) in [6, 6.07) is 3.77. The maximum absolute atomic E-state index is 13.3. The molecular weight excluding hydrogens is 348 g/mol. The molecule has 1 fully saturated rings. The van der Waals surface area contributed by atoms with Gasteiger partial charge in [0.25, 0.3) is 0 Å². The molecule has 1 aromatic rings. The van der Waals surface area contributed by atoms with Crippen LogP contribution in [0.25, 0.3) is 6.08 Å². The fourth-order valence-electron chi connectivity index (χ4n) is 3.45. The van der Waals surface area contributed by atoms with E-state index in [1.807, 2.05) is 45.1 Å². The average molecular weight is 377 g/mol. The Morgan fingerprint density at radius 1 is 1.30 bits per heavy atom. The lowest BCUT2D eigenvalue weighted by Crippen LogP contribution is -2.23. The maximum atomic E-state index is 13.3. The van der Waals surface area contributed by atoms with Crippen LogP contribution in [0.4, 0.5) is 14.5 Å². The minimum Gasteiger partial charge on any atom is -0.489 e. The number of allylic oxidation sites excluding steroid dienone is 1. The summed E-state index contributed by atoms with van der Waals surface area (Å²) in [5, 5.41) is 2.78. The van der Waals surface area contributed by atoms with Gasteiger partial charge >= 0.3 is 0 Å². The van der Waals surface area contributed by atoms with Gasteiger partial charge in [-0.2, -0.15) is 0 Å². The highest BCUT2D eigenvalue weighted by atomic mass is 19.3. The van der Waals surface area contributed by atoms with Gasteiger partial charge in [0.15, 0.2) is 0 Å². The number of alkyl halides is 2. The summed E-state index contributed by atoms with van der Waals surface area (Å²) in [5.41, 5.74) is 2.61. The molecule has 0 bridgehead atoms. The van der Waals surface area contributed by atoms with Crippen molar-refractivity contribution in [3.63, 3.8) is 0 Å². The van der Waals surface area contributed by atoms with Gasteiger partial charge in [-0.3, -0.25) is 4.79 Å². The van der Waals surface area contributed by atoms with Crippen LogP contribution in [-0.4, -0.2) is 17.9 Å². The number of amides is 1. The van der Waals surface area contributed by atoms with E-state index >= 15 is 0 Å². The van der Waals surface area contributed by atoms with Crippen LogP contribution in [0.5, 0.6) is 5.75 Å². The van der Waals surface area contributed by atoms with E-state index in [1.54, 1.807) is 0 Å². The van der Waals surface area contributed by atoms with Crippen molar-refractivity contribution >= 4 is 17.7 Å². The Balaban J connectivity index is 0.00000126. The van der Waals surface area contributed by atoms with Crippen molar-refractivity contribution in [2.45, 2.75) is 64.9 Å². The maximum Gasteiger partial charge on any atom is 0.248 e. The molecule has 3 nitrogen and oxygen atoms in total. The molecule has 1 saturated carbocycles. The molecule has 1 aliphatic carbocycles. The molecule has 0 saturated heterocycles. The third kappa shape index (κ3) is 5.65. The predicted octanol–water partition coefficient (Wildman–Crippen LogP) is 6.00. The van der Waals surface area contributed by atoms with Gasteiger partial charge in [0.05, 0.1) is 0 Å². The smallest absolute Gasteiger partial charge is 0.248 e. The molecule has 0 unspecified atom stereocenters. The Morgan fingerprint density at radius 2 is 1.96 bits per heavy atom. The highest BCUT2D eigenvalue weighted by Crippen LogP contribution is 2.39. The lowest BCUT2D eigenvalue weighted by atomic mass is 9.86. The molecule has 1 atom stereocenters. The first-order chi connectivity index (χ1) is 12.9. The lowest BCUT2D eigenvalue weighted by molar-refractivity contribution is -0.111. The molecule has 2 aliphatic rings. The third-order valence-electron chi connectivity index (χ3n) is 4.78. The summed E-state index contributed by atoms with van der Waals surface area (Å²) >= 11 is 0. The summed E-state index contributed by atoms with van der Waals surface area (Å²) in [7, 11) is 0. The molecule has 1 aliphatic heterocycles. The van der Waals surface area contributed by atoms with Crippen molar-refractivity contribution in [3.8, 4) is 5.75 Å². The standard InChI is InChI=1S/C20H23F2NO2.C2H6/c1-3-18(24)23-17-11-15(19-16(12-17)10-13(2)25-19)5-4-14-6-8-20(21,22)9-7-14;1-2/h3-5,11-14H,1,6-10H2,2H3,(H,23,24);1-2H3/b5-4+;/t13-;/m0./s1. The molecule has 148 valence electrons. The topological polar surface area (TPSA) is 38.3 Å². The van der Waals surface area contributed by atoms with Gasteiger partial charge in [-0.25, -0.2) is 8.78 Å². The zero-order chi connectivity index (χ0) is 20.0. The van der Waals surface area contributed by atoms with Gasteiger partial charge in [0.2, 0.25) is 11.8 Å². The van der Waals surface area contributed by atoms with Gasteiger partial charge in [-0.15, -0.1) is 0 Å². The van der Waals surface area contributed by atoms with Gasteiger partial charge < -0.3 is 10.1 Å². The van der Waals surface area contributed by atoms with E-state index < -0.39 is 5.92 Å². The number of benzene rings is 1. The zero-order valence-corrected chi connectivity index (χ0v) is 16.4. The van der Waals surface area contributed by atoms with Crippen LogP contribution in [0, 0.1) is 5.92 Å². The number of nitrogens with one attached hydrogen (secondary N) is 1. The number of anilines is 1. The summed E-state index contributed by atoms with van der Waals surface area (Å²) in [4.78, 5) is 11.6. The Labute approximate surface area is 160 Å². The Morgan fingerprint density at radius 3 is 2.59 bits per heavy atom. The summed E-state index contributed by atoms with van der Waals surface area (Å²) in [6.45, 7) is 9.46. The minimum absolute atomic E-state index is 0.0525. The van der Waals surface area contributed by atoms with E-state index in [-0.39, 0.29) is 30.8 Å². The predicted molar refractivity (Wildman–Crippen MR) is 106 cm³/mol. The van der Waals surface area contributed by atoms with Crippen LogP contribution in [0.1, 0.15) is 57.6 Å². The molecule has 0 spiro atoms. The molecule has 1 heterocycles. The first-order valence-corrected chi connectivity index (χ1v) is 9.69. The van der Waals surface area contributed by atoms with Gasteiger partial charge in [0.1, 0.15) is 11.9 Å². The van der Waals surface area contributed by atoms with Crippen LogP contribution in [0.3, 0.4) is 0 Å². The quantitative estimate of drug-likeness (QED) is 0.654. The molecule has 5 heteroatoms. The van der Waals surface area contributed by atoms with Crippen LogP contribution >= 0.6 is 0 Å². The largest absolute Gasteiger partial charge is 0.489 e. The van der Waals surface area contributed by atoms with E-state index in [1.165, 1.54) is 6.08 Å². The van der Waals surface area contributed by atoms with Crippen molar-refractivity contribution in [2.75, 3.05) is 5.32 Å². The van der Waals surface area contributed by atoms with E-state index in [9.17, 15) is 13.6 Å². The van der Waals surface area contributed by atoms with Crippen LogP contribution in [0.2, 0.25) is 0 Å². The molecule has 1 aromatic carbocycles. The van der Waals surface area contributed by atoms with Crippen molar-refractivity contribution in [2.24, 2.45) is 5.92 Å². The highest BCUT2D eigenvalue weighted by Gasteiger charge is 2.34. The number of fused-ring (bicyclic) bond motifs is 1. The van der Waals surface area contributed by atoms with Crippen molar-refractivity contribution in [1.29, 1.82) is 0 Å². The Kier molecular flexibility index (Phi) is 7.17. The molecule has 27 heavy (non-hydrogen) atoms. The summed E-state index contributed by atoms with van der Waals surface area (Å²) in [5.74, 6) is -1.81. The normalized spacial score (nSPS) is 21.0. The second kappa shape index (κ2) is 9.16. The Bertz CT molecular complexity index is 703. The summed E-state index contributed by atoms with van der Waals surface area (Å²) in [6.07, 6.45) is 6.91. The second-order valence-electron chi connectivity index (χ2n) is 6.93. The van der Waals surface area contributed by atoms with Gasteiger partial charge in [0, 0.05) is 36.1 Å². The number of carbonyl (C=O) groups is 1. The zero-order valence-electron chi connectivity index (χ0n) is 16.4. The molecule has 3 rings (SSSR count). The number of ether oxygens (including phenoxy) is 1.